The number of aryl methyl sites for hydroxylation is 2. The molecular weight excluding hydrogens is 356 g/mol. The third-order valence-corrected chi connectivity index (χ3v) is 4.92. The lowest BCUT2D eigenvalue weighted by atomic mass is 10.1. The number of nitrogens with zero attached hydrogens (tertiary/aromatic N) is 4. The molecule has 134 valence electrons. The summed E-state index contributed by atoms with van der Waals surface area (Å²) >= 11 is 0.873. The molecule has 1 aromatic heterocycles. The second kappa shape index (κ2) is 7.12. The summed E-state index contributed by atoms with van der Waals surface area (Å²) in [5.41, 5.74) is 1.94. The van der Waals surface area contributed by atoms with Crippen molar-refractivity contribution < 1.29 is 14.5 Å². The van der Waals surface area contributed by atoms with Gasteiger partial charge in [0, 0.05) is 6.92 Å². The van der Waals surface area contributed by atoms with Crippen molar-refractivity contribution in [2.75, 3.05) is 6.54 Å². The maximum absolute atomic E-state index is 12.5. The third-order valence-electron chi connectivity index (χ3n) is 4.02. The fourth-order valence-electron chi connectivity index (χ4n) is 2.59. The van der Waals surface area contributed by atoms with Crippen LogP contribution in [0.3, 0.4) is 0 Å². The minimum Gasteiger partial charge on any atom is -0.358 e. The first-order chi connectivity index (χ1) is 12.4. The number of aromatic nitrogens is 2. The van der Waals surface area contributed by atoms with Crippen LogP contribution in [-0.4, -0.2) is 37.1 Å². The SMILES string of the molecule is Cc1ccc(/C=C2\SC(=O)N(CCn3c([N+](=O)[O-])cnc3C)C2=O)cc1. The summed E-state index contributed by atoms with van der Waals surface area (Å²) in [6, 6.07) is 7.61. The van der Waals surface area contributed by atoms with E-state index in [4.69, 9.17) is 0 Å². The van der Waals surface area contributed by atoms with Crippen molar-refractivity contribution in [3.8, 4) is 0 Å². The van der Waals surface area contributed by atoms with Crippen LogP contribution in [0, 0.1) is 24.0 Å². The highest BCUT2D eigenvalue weighted by molar-refractivity contribution is 8.18. The molecule has 2 aromatic rings. The second-order valence-electron chi connectivity index (χ2n) is 5.82. The molecule has 3 rings (SSSR count). The first kappa shape index (κ1) is 17.9. The lowest BCUT2D eigenvalue weighted by Gasteiger charge is -2.11. The number of benzene rings is 1. The fraction of sp³-hybridized carbons (Fsp3) is 0.235. The second-order valence-corrected chi connectivity index (χ2v) is 6.81. The molecule has 0 unspecified atom stereocenters. The summed E-state index contributed by atoms with van der Waals surface area (Å²) in [5, 5.41) is 10.6. The van der Waals surface area contributed by atoms with E-state index in [1.807, 2.05) is 31.2 Å². The number of hydrogen-bond acceptors (Lipinski definition) is 6. The molecule has 0 radical (unpaired) electrons. The summed E-state index contributed by atoms with van der Waals surface area (Å²) in [7, 11) is 0. The molecule has 0 spiro atoms. The van der Waals surface area contributed by atoms with Crippen molar-refractivity contribution in [3.05, 3.63) is 62.4 Å². The highest BCUT2D eigenvalue weighted by atomic mass is 32.2. The van der Waals surface area contributed by atoms with Crippen LogP contribution in [0.4, 0.5) is 10.6 Å². The Hall–Kier alpha value is -2.94. The molecule has 0 bridgehead atoms. The zero-order valence-corrected chi connectivity index (χ0v) is 15.0. The Morgan fingerprint density at radius 1 is 1.19 bits per heavy atom. The van der Waals surface area contributed by atoms with Crippen LogP contribution < -0.4 is 0 Å². The number of nitro groups is 1. The number of carbonyl (C=O) groups excluding carboxylic acids is 2. The van der Waals surface area contributed by atoms with Gasteiger partial charge in [-0.05, 0) is 35.2 Å². The molecule has 0 N–H and O–H groups in total. The Balaban J connectivity index is 1.75. The van der Waals surface area contributed by atoms with Crippen LogP contribution in [-0.2, 0) is 11.3 Å². The predicted molar refractivity (Wildman–Crippen MR) is 97.5 cm³/mol. The van der Waals surface area contributed by atoms with Gasteiger partial charge in [-0.15, -0.1) is 0 Å². The van der Waals surface area contributed by atoms with Crippen molar-refractivity contribution >= 4 is 34.8 Å². The van der Waals surface area contributed by atoms with E-state index in [0.717, 1.165) is 27.8 Å². The van der Waals surface area contributed by atoms with Crippen LogP contribution in [0.5, 0.6) is 0 Å². The Morgan fingerprint density at radius 3 is 2.54 bits per heavy atom. The summed E-state index contributed by atoms with van der Waals surface area (Å²) in [5.74, 6) is -0.0930. The van der Waals surface area contributed by atoms with Crippen LogP contribution >= 0.6 is 11.8 Å². The van der Waals surface area contributed by atoms with E-state index < -0.39 is 4.92 Å². The first-order valence-corrected chi connectivity index (χ1v) is 8.67. The van der Waals surface area contributed by atoms with E-state index in [0.29, 0.717) is 10.7 Å². The maximum Gasteiger partial charge on any atom is 0.342 e. The average molecular weight is 372 g/mol. The Morgan fingerprint density at radius 2 is 1.88 bits per heavy atom. The van der Waals surface area contributed by atoms with Crippen LogP contribution in [0.1, 0.15) is 17.0 Å². The molecule has 0 aliphatic carbocycles. The van der Waals surface area contributed by atoms with Gasteiger partial charge < -0.3 is 10.1 Å². The van der Waals surface area contributed by atoms with Crippen LogP contribution in [0.2, 0.25) is 0 Å². The summed E-state index contributed by atoms with van der Waals surface area (Å²) in [6.45, 7) is 3.78. The Kier molecular flexibility index (Phi) is 4.90. The number of amides is 2. The summed E-state index contributed by atoms with van der Waals surface area (Å²) in [6.07, 6.45) is 2.84. The van der Waals surface area contributed by atoms with Gasteiger partial charge in [-0.2, -0.15) is 0 Å². The van der Waals surface area contributed by atoms with Crippen LogP contribution in [0.15, 0.2) is 35.4 Å². The lowest BCUT2D eigenvalue weighted by molar-refractivity contribution is -0.392. The normalized spacial score (nSPS) is 15.9. The fourth-order valence-corrected chi connectivity index (χ4v) is 3.45. The number of thioether (sulfide) groups is 1. The van der Waals surface area contributed by atoms with Gasteiger partial charge in [0.05, 0.1) is 11.4 Å². The molecule has 0 atom stereocenters. The van der Waals surface area contributed by atoms with Gasteiger partial charge in [-0.1, -0.05) is 29.8 Å². The lowest BCUT2D eigenvalue weighted by Crippen LogP contribution is -2.31. The quantitative estimate of drug-likeness (QED) is 0.454. The zero-order valence-electron chi connectivity index (χ0n) is 14.2. The Labute approximate surface area is 153 Å². The number of rotatable bonds is 5. The molecule has 1 saturated heterocycles. The average Bonchev–Trinajstić information content (AvgIpc) is 3.08. The standard InChI is InChI=1S/C17H16N4O4S/c1-11-3-5-13(6-4-11)9-14-16(22)20(17(23)26-14)8-7-19-12(2)18-10-15(19)21(24)25/h3-6,9-10H,7-8H2,1-2H3/b14-9-. The van der Waals surface area contributed by atoms with Crippen molar-refractivity contribution in [2.24, 2.45) is 0 Å². The molecule has 2 amide bonds. The molecular formula is C17H16N4O4S. The van der Waals surface area contributed by atoms with Gasteiger partial charge in [-0.3, -0.25) is 14.5 Å². The minimum absolute atomic E-state index is 0.0495. The molecule has 9 heteroatoms. The molecule has 0 saturated carbocycles. The molecule has 8 nitrogen and oxygen atoms in total. The minimum atomic E-state index is -0.537. The van der Waals surface area contributed by atoms with Gasteiger partial charge >= 0.3 is 5.82 Å². The largest absolute Gasteiger partial charge is 0.358 e. The van der Waals surface area contributed by atoms with Gasteiger partial charge in [0.2, 0.25) is 0 Å². The smallest absolute Gasteiger partial charge is 0.342 e. The van der Waals surface area contributed by atoms with E-state index in [-0.39, 0.29) is 30.1 Å². The number of imidazole rings is 1. The summed E-state index contributed by atoms with van der Waals surface area (Å²) in [4.78, 5) is 40.5. The molecule has 26 heavy (non-hydrogen) atoms. The highest BCUT2D eigenvalue weighted by Gasteiger charge is 2.35. The number of carbonyl (C=O) groups is 2. The van der Waals surface area contributed by atoms with Crippen molar-refractivity contribution in [3.63, 3.8) is 0 Å². The van der Waals surface area contributed by atoms with Gasteiger partial charge in [0.1, 0.15) is 12.7 Å². The van der Waals surface area contributed by atoms with Crippen molar-refractivity contribution in [1.82, 2.24) is 14.5 Å². The number of hydrogen-bond donors (Lipinski definition) is 0. The van der Waals surface area contributed by atoms with Gasteiger partial charge in [0.25, 0.3) is 11.1 Å². The van der Waals surface area contributed by atoms with E-state index in [1.165, 1.54) is 10.8 Å². The summed E-state index contributed by atoms with van der Waals surface area (Å²) < 4.78 is 1.38. The zero-order chi connectivity index (χ0) is 18.8. The monoisotopic (exact) mass is 372 g/mol. The molecule has 1 aliphatic rings. The van der Waals surface area contributed by atoms with E-state index in [9.17, 15) is 19.7 Å². The highest BCUT2D eigenvalue weighted by Crippen LogP contribution is 2.32. The van der Waals surface area contributed by atoms with Gasteiger partial charge in [-0.25, -0.2) is 9.55 Å². The van der Waals surface area contributed by atoms with Gasteiger partial charge in [0.15, 0.2) is 5.82 Å². The Bertz CT molecular complexity index is 917. The number of imide groups is 1. The predicted octanol–water partition coefficient (Wildman–Crippen LogP) is 3.14. The van der Waals surface area contributed by atoms with E-state index in [2.05, 4.69) is 4.98 Å². The first-order valence-electron chi connectivity index (χ1n) is 7.85. The van der Waals surface area contributed by atoms with Crippen molar-refractivity contribution in [2.45, 2.75) is 20.4 Å². The van der Waals surface area contributed by atoms with E-state index >= 15 is 0 Å². The third kappa shape index (κ3) is 3.52. The maximum atomic E-state index is 12.5. The molecule has 1 aliphatic heterocycles. The van der Waals surface area contributed by atoms with Crippen LogP contribution in [0.25, 0.3) is 6.08 Å². The molecule has 1 aromatic carbocycles. The molecule has 1 fully saturated rings. The topological polar surface area (TPSA) is 98.3 Å². The van der Waals surface area contributed by atoms with E-state index in [1.54, 1.807) is 13.0 Å². The molecule has 2 heterocycles. The van der Waals surface area contributed by atoms with Crippen molar-refractivity contribution in [1.29, 1.82) is 0 Å².